The van der Waals surface area contributed by atoms with Gasteiger partial charge in [-0.05, 0) is 24.5 Å². The first-order chi connectivity index (χ1) is 19.9. The molecule has 220 valence electrons. The quantitative estimate of drug-likeness (QED) is 0.318. The largest absolute Gasteiger partial charge is 0.369 e. The number of aromatic nitrogens is 5. The fourth-order valence-corrected chi connectivity index (χ4v) is 5.28. The van der Waals surface area contributed by atoms with Gasteiger partial charge in [-0.25, -0.2) is 19.9 Å². The zero-order chi connectivity index (χ0) is 28.9. The van der Waals surface area contributed by atoms with E-state index < -0.39 is 0 Å². The van der Waals surface area contributed by atoms with Gasteiger partial charge in [0, 0.05) is 88.2 Å². The van der Waals surface area contributed by atoms with Gasteiger partial charge in [0.15, 0.2) is 0 Å². The number of rotatable bonds is 8. The van der Waals surface area contributed by atoms with Gasteiger partial charge < -0.3 is 20.4 Å². The van der Waals surface area contributed by atoms with Crippen molar-refractivity contribution in [2.24, 2.45) is 0 Å². The van der Waals surface area contributed by atoms with Crippen molar-refractivity contribution < 1.29 is 9.59 Å². The highest BCUT2D eigenvalue weighted by molar-refractivity contribution is 7.59. The van der Waals surface area contributed by atoms with Crippen molar-refractivity contribution >= 4 is 48.0 Å². The monoisotopic (exact) mass is 587 g/mol. The van der Waals surface area contributed by atoms with Crippen LogP contribution in [-0.2, 0) is 4.79 Å². The van der Waals surface area contributed by atoms with Crippen molar-refractivity contribution in [2.75, 3.05) is 43.9 Å². The van der Waals surface area contributed by atoms with E-state index in [0.717, 1.165) is 53.7 Å². The van der Waals surface area contributed by atoms with Gasteiger partial charge in [-0.2, -0.15) is 13.5 Å². The van der Waals surface area contributed by atoms with Gasteiger partial charge in [0.2, 0.25) is 11.9 Å². The summed E-state index contributed by atoms with van der Waals surface area (Å²) in [5.74, 6) is 1.44. The molecule has 0 saturated carbocycles. The van der Waals surface area contributed by atoms with E-state index in [2.05, 4.69) is 47.4 Å². The number of amides is 2. The normalized spacial score (nSPS) is 14.1. The van der Waals surface area contributed by atoms with Gasteiger partial charge in [0.05, 0.1) is 16.8 Å². The maximum absolute atomic E-state index is 12.3. The van der Waals surface area contributed by atoms with E-state index >= 15 is 0 Å². The summed E-state index contributed by atoms with van der Waals surface area (Å²) >= 11 is 0. The highest BCUT2D eigenvalue weighted by atomic mass is 32.1. The van der Waals surface area contributed by atoms with Crippen LogP contribution in [0.5, 0.6) is 0 Å². The fourth-order valence-electron chi connectivity index (χ4n) is 5.28. The van der Waals surface area contributed by atoms with Gasteiger partial charge in [-0.3, -0.25) is 14.6 Å². The number of hydrogen-bond donors (Lipinski definition) is 2. The molecule has 0 spiro atoms. The van der Waals surface area contributed by atoms with Crippen molar-refractivity contribution in [3.05, 3.63) is 66.4 Å². The third-order valence-electron chi connectivity index (χ3n) is 7.77. The molecule has 3 aromatic heterocycles. The van der Waals surface area contributed by atoms with E-state index in [9.17, 15) is 9.59 Å². The van der Waals surface area contributed by atoms with Crippen LogP contribution in [0, 0.1) is 0 Å². The molecule has 1 atom stereocenters. The number of likely N-dealkylation sites (tertiary alicyclic amines) is 1. The number of piperidine rings is 1. The van der Waals surface area contributed by atoms with E-state index in [4.69, 9.17) is 0 Å². The predicted octanol–water partition coefficient (Wildman–Crippen LogP) is 3.62. The number of nitrogens with one attached hydrogen (secondary N) is 2. The van der Waals surface area contributed by atoms with Crippen LogP contribution in [0.3, 0.4) is 0 Å². The summed E-state index contributed by atoms with van der Waals surface area (Å²) in [5, 5.41) is 6.94. The first kappa shape index (κ1) is 30.6. The number of hydrogen-bond acceptors (Lipinski definition) is 9. The molecule has 4 aromatic rings. The number of anilines is 2. The Morgan fingerprint density at radius 1 is 1.07 bits per heavy atom. The average molecular weight is 588 g/mol. The Hall–Kier alpha value is -4.32. The summed E-state index contributed by atoms with van der Waals surface area (Å²) in [6.07, 6.45) is 8.55. The van der Waals surface area contributed by atoms with Crippen LogP contribution < -0.4 is 15.5 Å². The Labute approximate surface area is 252 Å². The molecule has 1 aliphatic rings. The molecule has 42 heavy (non-hydrogen) atoms. The maximum Gasteiger partial charge on any atom is 0.251 e. The summed E-state index contributed by atoms with van der Waals surface area (Å²) in [4.78, 5) is 50.6. The molecule has 0 radical (unpaired) electrons. The van der Waals surface area contributed by atoms with E-state index in [1.807, 2.05) is 36.2 Å². The molecule has 0 bridgehead atoms. The van der Waals surface area contributed by atoms with Crippen LogP contribution >= 0.6 is 13.5 Å². The lowest BCUT2D eigenvalue weighted by molar-refractivity contribution is -0.129. The lowest BCUT2D eigenvalue weighted by atomic mass is 9.96. The second-order valence-electron chi connectivity index (χ2n) is 10.4. The maximum atomic E-state index is 12.3. The molecule has 0 unspecified atom stereocenters. The van der Waals surface area contributed by atoms with Gasteiger partial charge in [-0.15, -0.1) is 0 Å². The van der Waals surface area contributed by atoms with Crippen molar-refractivity contribution in [2.45, 2.75) is 38.6 Å². The first-order valence-electron chi connectivity index (χ1n) is 13.8. The number of nitrogens with zero attached hydrogens (tertiary/aromatic N) is 7. The SMILES string of the molecule is CNC(=O)c1ccnc2c([C@H](C)CNc3cc(-c4cnc(N(C)C5CCN(C(C)=O)CC5)nc4)ncn3)cccc12.S. The zero-order valence-corrected chi connectivity index (χ0v) is 25.3. The Morgan fingerprint density at radius 2 is 1.81 bits per heavy atom. The predicted molar refractivity (Wildman–Crippen MR) is 169 cm³/mol. The van der Waals surface area contributed by atoms with Crippen LogP contribution in [0.15, 0.2) is 55.2 Å². The molecule has 0 aliphatic carbocycles. The summed E-state index contributed by atoms with van der Waals surface area (Å²) in [6, 6.07) is 9.85. The lowest BCUT2D eigenvalue weighted by Gasteiger charge is -2.36. The van der Waals surface area contributed by atoms with E-state index in [0.29, 0.717) is 29.9 Å². The Morgan fingerprint density at radius 3 is 2.50 bits per heavy atom. The smallest absolute Gasteiger partial charge is 0.251 e. The number of pyridine rings is 1. The number of para-hydroxylation sites is 1. The molecule has 1 saturated heterocycles. The summed E-state index contributed by atoms with van der Waals surface area (Å²) < 4.78 is 0. The van der Waals surface area contributed by atoms with Crippen LogP contribution in [0.1, 0.15) is 48.5 Å². The van der Waals surface area contributed by atoms with Crippen molar-refractivity contribution in [3.8, 4) is 11.3 Å². The summed E-state index contributed by atoms with van der Waals surface area (Å²) in [6.45, 7) is 5.86. The number of carbonyl (C=O) groups excluding carboxylic acids is 2. The van der Waals surface area contributed by atoms with Crippen molar-refractivity contribution in [1.29, 1.82) is 0 Å². The average Bonchev–Trinajstić information content (AvgIpc) is 3.02. The Balaban J connectivity index is 0.00000405. The van der Waals surface area contributed by atoms with Crippen LogP contribution in [0.4, 0.5) is 11.8 Å². The third kappa shape index (κ3) is 6.59. The van der Waals surface area contributed by atoms with Gasteiger partial charge in [0.25, 0.3) is 5.91 Å². The number of benzene rings is 1. The number of carbonyl (C=O) groups is 2. The third-order valence-corrected chi connectivity index (χ3v) is 7.77. The molecule has 5 rings (SSSR count). The molecule has 2 N–H and O–H groups in total. The van der Waals surface area contributed by atoms with Crippen LogP contribution in [0.2, 0.25) is 0 Å². The molecular formula is C30H37N9O2S. The zero-order valence-electron chi connectivity index (χ0n) is 24.3. The van der Waals surface area contributed by atoms with E-state index in [-0.39, 0.29) is 31.2 Å². The second-order valence-corrected chi connectivity index (χ2v) is 10.4. The molecule has 2 amide bonds. The summed E-state index contributed by atoms with van der Waals surface area (Å²) in [5.41, 5.74) is 4.00. The van der Waals surface area contributed by atoms with Gasteiger partial charge in [-0.1, -0.05) is 25.1 Å². The minimum atomic E-state index is -0.132. The molecule has 12 heteroatoms. The molecule has 1 fully saturated rings. The van der Waals surface area contributed by atoms with E-state index in [1.54, 1.807) is 38.6 Å². The summed E-state index contributed by atoms with van der Waals surface area (Å²) in [7, 11) is 3.63. The highest BCUT2D eigenvalue weighted by Crippen LogP contribution is 2.27. The second kappa shape index (κ2) is 13.6. The fraction of sp³-hybridized carbons (Fsp3) is 0.367. The molecule has 1 aliphatic heterocycles. The topological polar surface area (TPSA) is 129 Å². The van der Waals surface area contributed by atoms with E-state index in [1.165, 1.54) is 6.33 Å². The molecular weight excluding hydrogens is 550 g/mol. The van der Waals surface area contributed by atoms with Gasteiger partial charge in [0.1, 0.15) is 12.1 Å². The Bertz CT molecular complexity index is 1540. The standard InChI is InChI=1S/C30H35N9O2.H2S/c1-19(23-6-5-7-24-25(29(41)31-3)8-11-32-28(23)24)15-33-27-14-26(36-18-37-27)21-16-34-30(35-17-21)38(4)22-9-12-39(13-10-22)20(2)40;/h5-8,11,14,16-19,22H,9-10,12-13,15H2,1-4H3,(H,31,41)(H,33,36,37);1H2/t19-;/m1./s1. The molecule has 11 nitrogen and oxygen atoms in total. The minimum absolute atomic E-state index is 0. The van der Waals surface area contributed by atoms with Crippen LogP contribution in [-0.4, -0.2) is 81.4 Å². The molecule has 4 heterocycles. The first-order valence-corrected chi connectivity index (χ1v) is 13.8. The number of fused-ring (bicyclic) bond motifs is 1. The lowest BCUT2D eigenvalue weighted by Crippen LogP contribution is -2.45. The molecule has 1 aromatic carbocycles. The Kier molecular flexibility index (Phi) is 9.89. The minimum Gasteiger partial charge on any atom is -0.369 e. The van der Waals surface area contributed by atoms with Crippen molar-refractivity contribution in [1.82, 2.24) is 35.1 Å². The highest BCUT2D eigenvalue weighted by Gasteiger charge is 2.25. The van der Waals surface area contributed by atoms with Gasteiger partial charge >= 0.3 is 0 Å². The van der Waals surface area contributed by atoms with Crippen molar-refractivity contribution in [3.63, 3.8) is 0 Å². The van der Waals surface area contributed by atoms with Crippen LogP contribution in [0.25, 0.3) is 22.2 Å².